The van der Waals surface area contributed by atoms with Gasteiger partial charge in [0.05, 0.1) is 0 Å². The largest absolute Gasteiger partial charge is 0.508 e. The number of aromatic nitrogens is 1. The van der Waals surface area contributed by atoms with E-state index in [0.717, 1.165) is 24.2 Å². The number of fused-ring (bicyclic) bond motifs is 1. The molecule has 0 spiro atoms. The number of rotatable bonds is 12. The van der Waals surface area contributed by atoms with Crippen molar-refractivity contribution in [3.63, 3.8) is 0 Å². The van der Waals surface area contributed by atoms with Crippen molar-refractivity contribution in [1.82, 2.24) is 4.98 Å². The molecule has 23 heavy (non-hydrogen) atoms. The first kappa shape index (κ1) is 17.8. The van der Waals surface area contributed by atoms with Gasteiger partial charge in [-0.05, 0) is 18.6 Å². The summed E-state index contributed by atoms with van der Waals surface area (Å²) in [4.78, 5) is 4.46. The minimum Gasteiger partial charge on any atom is -0.508 e. The summed E-state index contributed by atoms with van der Waals surface area (Å²) < 4.78 is 5.67. The third kappa shape index (κ3) is 6.64. The highest BCUT2D eigenvalue weighted by molar-refractivity contribution is 5.74. The molecule has 3 nitrogen and oxygen atoms in total. The number of phenols is 1. The normalized spacial score (nSPS) is 11.3. The highest BCUT2D eigenvalue weighted by Gasteiger charge is 2.06. The first-order valence-corrected chi connectivity index (χ1v) is 9.38. The van der Waals surface area contributed by atoms with E-state index in [0.29, 0.717) is 5.58 Å². The predicted octanol–water partition coefficient (Wildman–Crippen LogP) is 6.39. The Bertz CT molecular complexity index is 562. The Balaban J connectivity index is 1.50. The SMILES string of the molecule is CCCCCCCCCCCCCc1nc2ccc(O)cc2o1. The lowest BCUT2D eigenvalue weighted by molar-refractivity contribution is 0.471. The Morgan fingerprint density at radius 2 is 1.48 bits per heavy atom. The summed E-state index contributed by atoms with van der Waals surface area (Å²) in [6, 6.07) is 5.08. The van der Waals surface area contributed by atoms with Gasteiger partial charge in [-0.25, -0.2) is 4.98 Å². The molecular weight excluding hydrogens is 286 g/mol. The van der Waals surface area contributed by atoms with Gasteiger partial charge < -0.3 is 9.52 Å². The summed E-state index contributed by atoms with van der Waals surface area (Å²) in [6.45, 7) is 2.27. The molecule has 0 saturated carbocycles. The maximum Gasteiger partial charge on any atom is 0.195 e. The molecule has 1 heterocycles. The molecule has 1 N–H and O–H groups in total. The van der Waals surface area contributed by atoms with Gasteiger partial charge in [0.25, 0.3) is 0 Å². The molecule has 0 fully saturated rings. The Morgan fingerprint density at radius 3 is 2.13 bits per heavy atom. The summed E-state index contributed by atoms with van der Waals surface area (Å²) in [7, 11) is 0. The fraction of sp³-hybridized carbons (Fsp3) is 0.650. The van der Waals surface area contributed by atoms with Crippen molar-refractivity contribution in [2.75, 3.05) is 0 Å². The van der Waals surface area contributed by atoms with Crippen molar-refractivity contribution in [3.8, 4) is 5.75 Å². The molecule has 0 aliphatic rings. The highest BCUT2D eigenvalue weighted by atomic mass is 16.3. The van der Waals surface area contributed by atoms with Crippen LogP contribution in [0.3, 0.4) is 0 Å². The molecule has 2 rings (SSSR count). The van der Waals surface area contributed by atoms with Gasteiger partial charge in [-0.15, -0.1) is 0 Å². The fourth-order valence-electron chi connectivity index (χ4n) is 3.01. The summed E-state index contributed by atoms with van der Waals surface area (Å²) in [6.07, 6.45) is 15.7. The average molecular weight is 317 g/mol. The van der Waals surface area contributed by atoms with Gasteiger partial charge in [-0.2, -0.15) is 0 Å². The predicted molar refractivity (Wildman–Crippen MR) is 95.8 cm³/mol. The lowest BCUT2D eigenvalue weighted by Gasteiger charge is -2.01. The van der Waals surface area contributed by atoms with Crippen LogP contribution in [0.25, 0.3) is 11.1 Å². The second-order valence-corrected chi connectivity index (χ2v) is 6.55. The van der Waals surface area contributed by atoms with Gasteiger partial charge in [0.1, 0.15) is 11.3 Å². The van der Waals surface area contributed by atoms with Crippen LogP contribution in [0.1, 0.15) is 83.4 Å². The van der Waals surface area contributed by atoms with Crippen LogP contribution in [0.2, 0.25) is 0 Å². The van der Waals surface area contributed by atoms with Crippen molar-refractivity contribution in [3.05, 3.63) is 24.1 Å². The summed E-state index contributed by atoms with van der Waals surface area (Å²) >= 11 is 0. The number of hydrogen-bond donors (Lipinski definition) is 1. The van der Waals surface area contributed by atoms with Gasteiger partial charge in [-0.3, -0.25) is 0 Å². The molecule has 1 aromatic heterocycles. The molecule has 3 heteroatoms. The molecule has 1 aromatic carbocycles. The summed E-state index contributed by atoms with van der Waals surface area (Å²) in [5, 5.41) is 9.43. The van der Waals surface area contributed by atoms with Gasteiger partial charge >= 0.3 is 0 Å². The Hall–Kier alpha value is -1.51. The van der Waals surface area contributed by atoms with E-state index >= 15 is 0 Å². The quantitative estimate of drug-likeness (QED) is 0.461. The van der Waals surface area contributed by atoms with E-state index < -0.39 is 0 Å². The van der Waals surface area contributed by atoms with E-state index in [4.69, 9.17) is 4.42 Å². The number of unbranched alkanes of at least 4 members (excludes halogenated alkanes) is 10. The zero-order chi connectivity index (χ0) is 16.3. The highest BCUT2D eigenvalue weighted by Crippen LogP contribution is 2.21. The fourth-order valence-corrected chi connectivity index (χ4v) is 3.01. The number of aromatic hydroxyl groups is 1. The van der Waals surface area contributed by atoms with Crippen molar-refractivity contribution >= 4 is 11.1 Å². The lowest BCUT2D eigenvalue weighted by atomic mass is 10.1. The van der Waals surface area contributed by atoms with E-state index in [1.165, 1.54) is 64.2 Å². The van der Waals surface area contributed by atoms with Crippen LogP contribution < -0.4 is 0 Å². The smallest absolute Gasteiger partial charge is 0.195 e. The molecule has 0 saturated heterocycles. The number of benzene rings is 1. The van der Waals surface area contributed by atoms with E-state index in [2.05, 4.69) is 11.9 Å². The molecule has 2 aromatic rings. The summed E-state index contributed by atoms with van der Waals surface area (Å²) in [5.74, 6) is 1.02. The molecule has 0 aliphatic heterocycles. The third-order valence-electron chi connectivity index (χ3n) is 4.41. The number of phenolic OH excluding ortho intramolecular Hbond substituents is 1. The molecular formula is C20H31NO2. The van der Waals surface area contributed by atoms with Crippen LogP contribution in [-0.4, -0.2) is 10.1 Å². The standard InChI is InChI=1S/C20H31NO2/c1-2-3-4-5-6-7-8-9-10-11-12-13-20-21-18-15-14-17(22)16-19(18)23-20/h14-16,22H,2-13H2,1H3. The maximum absolute atomic E-state index is 9.43. The van der Waals surface area contributed by atoms with Gasteiger partial charge in [0.2, 0.25) is 0 Å². The van der Waals surface area contributed by atoms with Crippen LogP contribution in [0.4, 0.5) is 0 Å². The van der Waals surface area contributed by atoms with E-state index in [-0.39, 0.29) is 5.75 Å². The minimum atomic E-state index is 0.231. The monoisotopic (exact) mass is 317 g/mol. The molecule has 128 valence electrons. The van der Waals surface area contributed by atoms with Crippen LogP contribution in [0, 0.1) is 0 Å². The Labute approximate surface area is 140 Å². The third-order valence-corrected chi connectivity index (χ3v) is 4.41. The average Bonchev–Trinajstić information content (AvgIpc) is 2.94. The molecule has 0 radical (unpaired) electrons. The Morgan fingerprint density at radius 1 is 0.870 bits per heavy atom. The van der Waals surface area contributed by atoms with Gasteiger partial charge in [-0.1, -0.05) is 71.1 Å². The van der Waals surface area contributed by atoms with Crippen molar-refractivity contribution in [2.45, 2.75) is 84.0 Å². The second kappa shape index (κ2) is 10.3. The number of aryl methyl sites for hydroxylation is 1. The number of oxazole rings is 1. The van der Waals surface area contributed by atoms with Crippen LogP contribution in [0.5, 0.6) is 5.75 Å². The van der Waals surface area contributed by atoms with Crippen LogP contribution in [0.15, 0.2) is 22.6 Å². The van der Waals surface area contributed by atoms with Crippen LogP contribution >= 0.6 is 0 Å². The second-order valence-electron chi connectivity index (χ2n) is 6.55. The van der Waals surface area contributed by atoms with Crippen molar-refractivity contribution in [1.29, 1.82) is 0 Å². The van der Waals surface area contributed by atoms with Gasteiger partial charge in [0, 0.05) is 12.5 Å². The molecule has 0 aliphatic carbocycles. The van der Waals surface area contributed by atoms with Crippen LogP contribution in [-0.2, 0) is 6.42 Å². The zero-order valence-electron chi connectivity index (χ0n) is 14.5. The summed E-state index contributed by atoms with van der Waals surface area (Å²) in [5.41, 5.74) is 1.52. The van der Waals surface area contributed by atoms with Crippen molar-refractivity contribution < 1.29 is 9.52 Å². The topological polar surface area (TPSA) is 46.3 Å². The van der Waals surface area contributed by atoms with Gasteiger partial charge in [0.15, 0.2) is 11.5 Å². The van der Waals surface area contributed by atoms with Crippen molar-refractivity contribution in [2.24, 2.45) is 0 Å². The Kier molecular flexibility index (Phi) is 7.99. The zero-order valence-corrected chi connectivity index (χ0v) is 14.5. The van der Waals surface area contributed by atoms with E-state index in [1.807, 2.05) is 0 Å². The lowest BCUT2D eigenvalue weighted by Crippen LogP contribution is -1.86. The maximum atomic E-state index is 9.43. The number of nitrogens with zero attached hydrogens (tertiary/aromatic N) is 1. The van der Waals surface area contributed by atoms with E-state index in [1.54, 1.807) is 18.2 Å². The first-order chi connectivity index (χ1) is 11.3. The minimum absolute atomic E-state index is 0.231. The molecule has 0 bridgehead atoms. The molecule has 0 amide bonds. The van der Waals surface area contributed by atoms with E-state index in [9.17, 15) is 5.11 Å². The molecule has 0 unspecified atom stereocenters. The molecule has 0 atom stereocenters. The number of hydrogen-bond acceptors (Lipinski definition) is 3. The first-order valence-electron chi connectivity index (χ1n) is 9.38.